The summed E-state index contributed by atoms with van der Waals surface area (Å²) in [6.07, 6.45) is -0.750. The fourth-order valence-electron chi connectivity index (χ4n) is 3.76. The van der Waals surface area contributed by atoms with E-state index in [2.05, 4.69) is 69.3 Å². The Morgan fingerprint density at radius 3 is 1.61 bits per heavy atom. The van der Waals surface area contributed by atoms with E-state index in [1.54, 1.807) is 0 Å². The lowest BCUT2D eigenvalue weighted by molar-refractivity contribution is -0.365. The molecule has 0 rings (SSSR count). The highest BCUT2D eigenvalue weighted by atomic mass is 16.5. The maximum absolute atomic E-state index is 13.2. The third-order valence-electron chi connectivity index (χ3n) is 5.96. The Morgan fingerprint density at radius 1 is 0.652 bits per heavy atom. The van der Waals surface area contributed by atoms with E-state index < -0.39 is 41.6 Å². The molecule has 0 fully saturated rings. The van der Waals surface area contributed by atoms with Crippen LogP contribution in [0.3, 0.4) is 0 Å². The number of carbonyl (C=O) groups is 5. The van der Waals surface area contributed by atoms with Crippen molar-refractivity contribution in [3.05, 3.63) is 10.4 Å². The molecule has 0 saturated carbocycles. The Hall–Kier alpha value is -3.62. The van der Waals surface area contributed by atoms with E-state index in [0.29, 0.717) is 39.3 Å². The zero-order chi connectivity index (χ0) is 34.3. The van der Waals surface area contributed by atoms with E-state index in [1.165, 1.54) is 6.92 Å². The second kappa shape index (κ2) is 30.1. The van der Waals surface area contributed by atoms with Crippen molar-refractivity contribution in [3.63, 3.8) is 0 Å². The van der Waals surface area contributed by atoms with Crippen molar-refractivity contribution in [1.82, 2.24) is 47.9 Å². The van der Waals surface area contributed by atoms with E-state index >= 15 is 0 Å². The summed E-state index contributed by atoms with van der Waals surface area (Å²) in [6, 6.07) is -2.57. The molecule has 0 aliphatic carbocycles. The Morgan fingerprint density at radius 2 is 1.13 bits per heavy atom. The van der Waals surface area contributed by atoms with Gasteiger partial charge in [-0.05, 0) is 5.53 Å². The number of nitrogens with one attached hydrogen (secondary N) is 9. The number of nitrogens with zero attached hydrogens (tertiary/aromatic N) is 3. The molecule has 46 heavy (non-hydrogen) atoms. The Labute approximate surface area is 270 Å². The van der Waals surface area contributed by atoms with Crippen LogP contribution in [0.2, 0.25) is 0 Å². The quantitative estimate of drug-likeness (QED) is 0.0150. The number of carbonyl (C=O) groups excluding carboxylic acids is 5. The van der Waals surface area contributed by atoms with Crippen molar-refractivity contribution in [1.29, 1.82) is 0 Å². The molecular weight excluding hydrogens is 604 g/mol. The highest BCUT2D eigenvalue weighted by Gasteiger charge is 2.29. The first-order valence-corrected chi connectivity index (χ1v) is 15.6. The third-order valence-corrected chi connectivity index (χ3v) is 5.96. The first-order valence-electron chi connectivity index (χ1n) is 15.6. The first-order chi connectivity index (χ1) is 22.2. The van der Waals surface area contributed by atoms with Gasteiger partial charge in [-0.2, -0.15) is 0 Å². The van der Waals surface area contributed by atoms with Gasteiger partial charge in [0.15, 0.2) is 0 Å². The van der Waals surface area contributed by atoms with Crippen LogP contribution in [0, 0.1) is 0 Å². The number of quaternary nitrogens is 2. The molecule has 0 saturated heterocycles. The number of amides is 5. The molecule has 0 heterocycles. The number of azide groups is 1. The molecule has 2 atom stereocenters. The Bertz CT molecular complexity index is 922. The van der Waals surface area contributed by atoms with Gasteiger partial charge in [0.25, 0.3) is 0 Å². The molecule has 20 heteroatoms. The van der Waals surface area contributed by atoms with Crippen molar-refractivity contribution < 1.29 is 40.2 Å². The highest BCUT2D eigenvalue weighted by Crippen LogP contribution is 1.99. The van der Waals surface area contributed by atoms with Crippen LogP contribution in [-0.2, 0) is 28.7 Å². The molecule has 0 spiro atoms. The zero-order valence-corrected chi connectivity index (χ0v) is 27.1. The van der Waals surface area contributed by atoms with E-state index in [-0.39, 0.29) is 39.1 Å². The summed E-state index contributed by atoms with van der Waals surface area (Å²) < 4.78 is 5.27. The number of hydrogen-bond donors (Lipinski definition) is 11. The predicted molar refractivity (Wildman–Crippen MR) is 170 cm³/mol. The fraction of sp³-hybridized carbons (Fsp3) is 0.808. The molecule has 20 nitrogen and oxygen atoms in total. The molecule has 5 amide bonds. The number of ether oxygens (including phenoxy) is 1. The normalized spacial score (nSPS) is 11.9. The van der Waals surface area contributed by atoms with E-state index in [1.807, 2.05) is 0 Å². The maximum atomic E-state index is 13.2. The molecule has 0 bridgehead atoms. The van der Waals surface area contributed by atoms with Crippen molar-refractivity contribution >= 4 is 29.5 Å². The van der Waals surface area contributed by atoms with Crippen LogP contribution in [0.15, 0.2) is 5.11 Å². The molecule has 264 valence electrons. The first kappa shape index (κ1) is 42.4. The standard InChI is InChI=1S/C26H54N14O6/c1-20(41)38-22(19-24(43)35-13-11-33-9-7-31-5-3-28)26(45)39-21(25(44)36-14-16-46-17-15-37-40-29)18-23(42)34-12-10-32-8-6-30-4-2-27/h21-22,30-33H,2-19,27-28H2,1H3,(H,34,42)(H,35,43)(H,36,44)(H,38,41)(H,39,45)/p+2/t21-,22+/m0/s1. The molecule has 0 aliphatic heterocycles. The maximum Gasteiger partial charge on any atom is 0.243 e. The largest absolute Gasteiger partial charge is 0.379 e. The topological polar surface area (TPSA) is 307 Å². The summed E-state index contributed by atoms with van der Waals surface area (Å²) in [6.45, 7) is 9.41. The second-order valence-electron chi connectivity index (χ2n) is 9.99. The Kier molecular flexibility index (Phi) is 27.7. The summed E-state index contributed by atoms with van der Waals surface area (Å²) >= 11 is 0. The van der Waals surface area contributed by atoms with Crippen LogP contribution >= 0.6 is 0 Å². The van der Waals surface area contributed by atoms with Crippen LogP contribution < -0.4 is 59.3 Å². The lowest BCUT2D eigenvalue weighted by Gasteiger charge is -2.22. The summed E-state index contributed by atoms with van der Waals surface area (Å²) in [5, 5.41) is 29.0. The molecule has 0 aromatic carbocycles. The minimum Gasteiger partial charge on any atom is -0.379 e. The Balaban J connectivity index is 5.06. The molecule has 0 radical (unpaired) electrons. The number of hydrogen-bond acceptors (Lipinski definition) is 11. The van der Waals surface area contributed by atoms with Crippen molar-refractivity contribution in [2.24, 2.45) is 5.11 Å². The number of rotatable bonds is 30. The van der Waals surface area contributed by atoms with Gasteiger partial charge in [0.1, 0.15) is 12.1 Å². The predicted octanol–water partition coefficient (Wildman–Crippen LogP) is -6.73. The molecule has 0 unspecified atom stereocenters. The summed E-state index contributed by atoms with van der Waals surface area (Å²) in [5.41, 5.74) is 15.8. The SMILES string of the molecule is CC(=O)N[C@H](CC(=O)NCCNCCNCC[NH3+])C(=O)N[C@@H](CC(=O)NCCNCCNCC[NH3+])C(=O)NCCOCCN=[N+]=[N-]. The lowest BCUT2D eigenvalue weighted by atomic mass is 10.1. The van der Waals surface area contributed by atoms with E-state index in [4.69, 9.17) is 10.3 Å². The molecule has 0 aromatic rings. The summed E-state index contributed by atoms with van der Waals surface area (Å²) in [4.78, 5) is 65.8. The third kappa shape index (κ3) is 25.7. The minimum absolute atomic E-state index is 0.0621. The monoisotopic (exact) mass is 660 g/mol. The summed E-state index contributed by atoms with van der Waals surface area (Å²) in [5.74, 6) is -2.95. The van der Waals surface area contributed by atoms with Crippen LogP contribution in [0.25, 0.3) is 10.4 Å². The average molecular weight is 661 g/mol. The molecular formula is C26H56N14O6+2. The van der Waals surface area contributed by atoms with Crippen LogP contribution in [0.5, 0.6) is 0 Å². The van der Waals surface area contributed by atoms with Crippen molar-refractivity contribution in [3.8, 4) is 0 Å². The van der Waals surface area contributed by atoms with Crippen LogP contribution in [0.1, 0.15) is 19.8 Å². The van der Waals surface area contributed by atoms with E-state index in [9.17, 15) is 24.0 Å². The van der Waals surface area contributed by atoms with Gasteiger partial charge in [-0.25, -0.2) is 0 Å². The zero-order valence-electron chi connectivity index (χ0n) is 27.1. The van der Waals surface area contributed by atoms with E-state index in [0.717, 1.165) is 39.3 Å². The average Bonchev–Trinajstić information content (AvgIpc) is 3.02. The van der Waals surface area contributed by atoms with Gasteiger partial charge in [0.2, 0.25) is 29.5 Å². The van der Waals surface area contributed by atoms with Gasteiger partial charge < -0.3 is 64.1 Å². The van der Waals surface area contributed by atoms with Crippen molar-refractivity contribution in [2.45, 2.75) is 31.8 Å². The van der Waals surface area contributed by atoms with Gasteiger partial charge >= 0.3 is 0 Å². The molecule has 15 N–H and O–H groups in total. The van der Waals surface area contributed by atoms with Crippen LogP contribution in [-0.4, -0.2) is 146 Å². The fourth-order valence-corrected chi connectivity index (χ4v) is 3.76. The van der Waals surface area contributed by atoms with Gasteiger partial charge in [-0.1, -0.05) is 5.11 Å². The minimum atomic E-state index is -1.30. The summed E-state index contributed by atoms with van der Waals surface area (Å²) in [7, 11) is 0. The van der Waals surface area contributed by atoms with Gasteiger partial charge in [0, 0.05) is 90.4 Å². The molecule has 0 aliphatic rings. The second-order valence-corrected chi connectivity index (χ2v) is 9.99. The van der Waals surface area contributed by atoms with Gasteiger partial charge in [-0.3, -0.25) is 24.0 Å². The van der Waals surface area contributed by atoms with Gasteiger partial charge in [0.05, 0.1) is 39.1 Å². The highest BCUT2D eigenvalue weighted by molar-refractivity contribution is 5.96. The van der Waals surface area contributed by atoms with Gasteiger partial charge in [-0.15, -0.1) is 0 Å². The molecule has 0 aromatic heterocycles. The lowest BCUT2D eigenvalue weighted by Crippen LogP contribution is -2.56. The van der Waals surface area contributed by atoms with Crippen LogP contribution in [0.4, 0.5) is 0 Å². The smallest absolute Gasteiger partial charge is 0.243 e. The van der Waals surface area contributed by atoms with Crippen molar-refractivity contribution in [2.75, 3.05) is 105 Å².